The second-order valence-electron chi connectivity index (χ2n) is 4.52. The normalized spacial score (nSPS) is 15.9. The minimum absolute atomic E-state index is 0.591. The third-order valence-electron chi connectivity index (χ3n) is 3.25. The van der Waals surface area contributed by atoms with Gasteiger partial charge in [-0.15, -0.1) is 0 Å². The predicted molar refractivity (Wildman–Crippen MR) is 73.9 cm³/mol. The number of hydrogen-bond donors (Lipinski definition) is 1. The summed E-state index contributed by atoms with van der Waals surface area (Å²) in [6, 6.07) is 8.24. The van der Waals surface area contributed by atoms with Crippen LogP contribution in [0.25, 0.3) is 5.57 Å². The molecular formula is C15H21NO2. The molecule has 0 unspecified atom stereocenters. The Morgan fingerprint density at radius 1 is 1.22 bits per heavy atom. The van der Waals surface area contributed by atoms with E-state index in [9.17, 15) is 0 Å². The molecule has 1 aliphatic rings. The van der Waals surface area contributed by atoms with Gasteiger partial charge >= 0.3 is 0 Å². The first-order valence-corrected chi connectivity index (χ1v) is 6.43. The maximum absolute atomic E-state index is 5.79. The summed E-state index contributed by atoms with van der Waals surface area (Å²) in [4.78, 5) is 0. The van der Waals surface area contributed by atoms with Crippen LogP contribution in [0.15, 0.2) is 29.8 Å². The Kier molecular flexibility index (Phi) is 4.79. The Hall–Kier alpha value is -1.32. The molecule has 0 saturated carbocycles. The van der Waals surface area contributed by atoms with Crippen LogP contribution in [0.1, 0.15) is 18.9 Å². The van der Waals surface area contributed by atoms with E-state index >= 15 is 0 Å². The van der Waals surface area contributed by atoms with E-state index in [2.05, 4.69) is 24.4 Å². The van der Waals surface area contributed by atoms with Crippen molar-refractivity contribution >= 4 is 5.57 Å². The number of ether oxygens (including phenoxy) is 2. The van der Waals surface area contributed by atoms with Crippen molar-refractivity contribution < 1.29 is 9.47 Å². The number of nitrogens with one attached hydrogen (secondary N) is 1. The number of methoxy groups -OCH3 is 1. The second-order valence-corrected chi connectivity index (χ2v) is 4.52. The maximum Gasteiger partial charge on any atom is 0.126 e. The maximum atomic E-state index is 5.79. The van der Waals surface area contributed by atoms with Gasteiger partial charge in [0.15, 0.2) is 0 Å². The summed E-state index contributed by atoms with van der Waals surface area (Å²) in [7, 11) is 1.69. The number of para-hydroxylation sites is 1. The van der Waals surface area contributed by atoms with E-state index in [0.717, 1.165) is 25.3 Å². The van der Waals surface area contributed by atoms with Crippen molar-refractivity contribution in [1.29, 1.82) is 0 Å². The summed E-state index contributed by atoms with van der Waals surface area (Å²) in [5.74, 6) is 0.951. The molecular weight excluding hydrogens is 226 g/mol. The van der Waals surface area contributed by atoms with Crippen LogP contribution in [0.5, 0.6) is 5.75 Å². The molecule has 0 bridgehead atoms. The van der Waals surface area contributed by atoms with Gasteiger partial charge in [0.2, 0.25) is 0 Å². The summed E-state index contributed by atoms with van der Waals surface area (Å²) < 4.78 is 10.8. The topological polar surface area (TPSA) is 30.5 Å². The van der Waals surface area contributed by atoms with Crippen molar-refractivity contribution in [3.8, 4) is 5.75 Å². The Bertz CT molecular complexity index is 426. The lowest BCUT2D eigenvalue weighted by atomic mass is 9.95. The van der Waals surface area contributed by atoms with Gasteiger partial charge in [-0.2, -0.15) is 0 Å². The van der Waals surface area contributed by atoms with E-state index in [-0.39, 0.29) is 0 Å². The van der Waals surface area contributed by atoms with E-state index in [1.165, 1.54) is 16.7 Å². The van der Waals surface area contributed by atoms with E-state index in [1.807, 2.05) is 12.1 Å². The molecule has 1 aliphatic heterocycles. The van der Waals surface area contributed by atoms with Gasteiger partial charge in [0.25, 0.3) is 0 Å². The molecule has 0 radical (unpaired) electrons. The van der Waals surface area contributed by atoms with Crippen LogP contribution in [-0.2, 0) is 4.74 Å². The highest BCUT2D eigenvalue weighted by atomic mass is 16.5. The van der Waals surface area contributed by atoms with Gasteiger partial charge in [-0.25, -0.2) is 0 Å². The van der Waals surface area contributed by atoms with Gasteiger partial charge in [0, 0.05) is 19.2 Å². The highest BCUT2D eigenvalue weighted by Gasteiger charge is 2.14. The highest BCUT2D eigenvalue weighted by molar-refractivity contribution is 5.74. The smallest absolute Gasteiger partial charge is 0.126 e. The summed E-state index contributed by atoms with van der Waals surface area (Å²) in [6.07, 6.45) is 1.11. The van der Waals surface area contributed by atoms with Crippen molar-refractivity contribution in [2.45, 2.75) is 13.3 Å². The van der Waals surface area contributed by atoms with Gasteiger partial charge in [-0.05, 0) is 31.5 Å². The van der Waals surface area contributed by atoms with Gasteiger partial charge in [0.05, 0.1) is 6.61 Å². The Morgan fingerprint density at radius 3 is 2.83 bits per heavy atom. The minimum atomic E-state index is 0.591. The van der Waals surface area contributed by atoms with Crippen molar-refractivity contribution in [3.05, 3.63) is 35.4 Å². The fourth-order valence-electron chi connectivity index (χ4n) is 2.19. The number of benzene rings is 1. The fourth-order valence-corrected chi connectivity index (χ4v) is 2.19. The molecule has 1 aromatic rings. The highest BCUT2D eigenvalue weighted by Crippen LogP contribution is 2.30. The van der Waals surface area contributed by atoms with Gasteiger partial charge < -0.3 is 14.8 Å². The first-order valence-electron chi connectivity index (χ1n) is 6.43. The van der Waals surface area contributed by atoms with Crippen molar-refractivity contribution in [2.75, 3.05) is 33.4 Å². The van der Waals surface area contributed by atoms with Crippen molar-refractivity contribution in [3.63, 3.8) is 0 Å². The third kappa shape index (κ3) is 3.12. The zero-order valence-corrected chi connectivity index (χ0v) is 11.2. The molecule has 18 heavy (non-hydrogen) atoms. The van der Waals surface area contributed by atoms with Crippen LogP contribution in [-0.4, -0.2) is 33.4 Å². The molecule has 0 aromatic heterocycles. The van der Waals surface area contributed by atoms with Crippen LogP contribution >= 0.6 is 0 Å². The van der Waals surface area contributed by atoms with E-state index in [0.29, 0.717) is 13.2 Å². The molecule has 0 saturated heterocycles. The molecule has 1 heterocycles. The molecule has 0 aliphatic carbocycles. The molecule has 3 nitrogen and oxygen atoms in total. The van der Waals surface area contributed by atoms with Gasteiger partial charge in [0.1, 0.15) is 12.4 Å². The Balaban J connectivity index is 2.21. The minimum Gasteiger partial charge on any atom is -0.491 e. The van der Waals surface area contributed by atoms with E-state index < -0.39 is 0 Å². The quantitative estimate of drug-likeness (QED) is 0.811. The zero-order chi connectivity index (χ0) is 12.8. The molecule has 0 amide bonds. The van der Waals surface area contributed by atoms with Gasteiger partial charge in [-0.3, -0.25) is 0 Å². The summed E-state index contributed by atoms with van der Waals surface area (Å²) in [5.41, 5.74) is 4.03. The molecule has 1 N–H and O–H groups in total. The fraction of sp³-hybridized carbons (Fsp3) is 0.467. The van der Waals surface area contributed by atoms with Crippen LogP contribution in [0.2, 0.25) is 0 Å². The van der Waals surface area contributed by atoms with E-state index in [4.69, 9.17) is 9.47 Å². The lowest BCUT2D eigenvalue weighted by Gasteiger charge is -2.21. The van der Waals surface area contributed by atoms with Crippen LogP contribution in [0.3, 0.4) is 0 Å². The molecule has 0 spiro atoms. The number of hydrogen-bond acceptors (Lipinski definition) is 3. The molecule has 0 atom stereocenters. The van der Waals surface area contributed by atoms with Gasteiger partial charge in [-0.1, -0.05) is 23.8 Å². The average Bonchev–Trinajstić information content (AvgIpc) is 2.40. The molecule has 1 aromatic carbocycles. The molecule has 3 heteroatoms. The van der Waals surface area contributed by atoms with Crippen LogP contribution in [0.4, 0.5) is 0 Å². The lowest BCUT2D eigenvalue weighted by Crippen LogP contribution is -2.24. The molecule has 0 fully saturated rings. The zero-order valence-electron chi connectivity index (χ0n) is 11.2. The molecule has 98 valence electrons. The standard InChI is InChI=1S/C15H21NO2/c1-12-7-8-16-11-14(12)13-5-3-4-6-15(13)18-10-9-17-2/h3-6,16H,7-11H2,1-2H3. The third-order valence-corrected chi connectivity index (χ3v) is 3.25. The van der Waals surface area contributed by atoms with Crippen molar-refractivity contribution in [2.24, 2.45) is 0 Å². The summed E-state index contributed by atoms with van der Waals surface area (Å²) in [6.45, 7) is 5.42. The first-order chi connectivity index (χ1) is 8.83. The Morgan fingerprint density at radius 2 is 2.06 bits per heavy atom. The average molecular weight is 247 g/mol. The summed E-state index contributed by atoms with van der Waals surface area (Å²) >= 11 is 0. The van der Waals surface area contributed by atoms with Crippen LogP contribution in [0, 0.1) is 0 Å². The summed E-state index contributed by atoms with van der Waals surface area (Å²) in [5, 5.41) is 3.42. The van der Waals surface area contributed by atoms with Crippen LogP contribution < -0.4 is 10.1 Å². The predicted octanol–water partition coefficient (Wildman–Crippen LogP) is 2.48. The monoisotopic (exact) mass is 247 g/mol. The largest absolute Gasteiger partial charge is 0.491 e. The Labute approximate surface area is 109 Å². The second kappa shape index (κ2) is 6.57. The SMILES string of the molecule is COCCOc1ccccc1C1=C(C)CCNC1. The van der Waals surface area contributed by atoms with Crippen molar-refractivity contribution in [1.82, 2.24) is 5.32 Å². The van der Waals surface area contributed by atoms with E-state index in [1.54, 1.807) is 7.11 Å². The number of rotatable bonds is 5. The lowest BCUT2D eigenvalue weighted by molar-refractivity contribution is 0.146. The first kappa shape index (κ1) is 13.1. The molecule has 2 rings (SSSR count).